The average Bonchev–Trinajstić information content (AvgIpc) is 2.39. The van der Waals surface area contributed by atoms with Gasteiger partial charge in [-0.3, -0.25) is 9.69 Å². The first-order valence-corrected chi connectivity index (χ1v) is 6.38. The number of allylic oxidation sites excluding steroid dienone is 1. The van der Waals surface area contributed by atoms with Crippen molar-refractivity contribution in [1.82, 2.24) is 4.90 Å². The van der Waals surface area contributed by atoms with Crippen LogP contribution in [0, 0.1) is 0 Å². The van der Waals surface area contributed by atoms with Crippen LogP contribution in [0.5, 0.6) is 0 Å². The van der Waals surface area contributed by atoms with Crippen LogP contribution >= 0.6 is 0 Å². The maximum absolute atomic E-state index is 12.2. The molecule has 3 heteroatoms. The lowest BCUT2D eigenvalue weighted by Gasteiger charge is -2.31. The zero-order valence-corrected chi connectivity index (χ0v) is 10.1. The van der Waals surface area contributed by atoms with Crippen molar-refractivity contribution >= 4 is 5.78 Å². The first kappa shape index (κ1) is 11.8. The van der Waals surface area contributed by atoms with E-state index < -0.39 is 0 Å². The lowest BCUT2D eigenvalue weighted by Crippen LogP contribution is -2.46. The van der Waals surface area contributed by atoms with Crippen LogP contribution in [0.4, 0.5) is 0 Å². The van der Waals surface area contributed by atoms with Crippen molar-refractivity contribution in [3.05, 3.63) is 11.6 Å². The average molecular weight is 223 g/mol. The number of morpholine rings is 1. The second kappa shape index (κ2) is 5.60. The smallest absolute Gasteiger partial charge is 0.188 e. The van der Waals surface area contributed by atoms with Gasteiger partial charge in [0.25, 0.3) is 0 Å². The van der Waals surface area contributed by atoms with Crippen molar-refractivity contribution in [3.8, 4) is 0 Å². The zero-order valence-electron chi connectivity index (χ0n) is 10.1. The summed E-state index contributed by atoms with van der Waals surface area (Å²) < 4.78 is 5.59. The molecule has 0 N–H and O–H groups in total. The van der Waals surface area contributed by atoms with Gasteiger partial charge in [-0.05, 0) is 37.8 Å². The second-order valence-corrected chi connectivity index (χ2v) is 4.59. The van der Waals surface area contributed by atoms with E-state index >= 15 is 0 Å². The van der Waals surface area contributed by atoms with E-state index in [1.54, 1.807) is 0 Å². The summed E-state index contributed by atoms with van der Waals surface area (Å²) in [7, 11) is 0. The van der Waals surface area contributed by atoms with Crippen molar-refractivity contribution in [2.75, 3.05) is 26.2 Å². The van der Waals surface area contributed by atoms with Crippen LogP contribution in [0.1, 0.15) is 32.6 Å². The van der Waals surface area contributed by atoms with E-state index in [0.29, 0.717) is 6.61 Å². The van der Waals surface area contributed by atoms with Gasteiger partial charge in [-0.1, -0.05) is 13.0 Å². The maximum Gasteiger partial charge on any atom is 0.188 e. The molecule has 1 unspecified atom stereocenters. The maximum atomic E-state index is 12.2. The van der Waals surface area contributed by atoms with Gasteiger partial charge >= 0.3 is 0 Å². The predicted molar refractivity (Wildman–Crippen MR) is 63.4 cm³/mol. The number of carbonyl (C=O) groups is 1. The van der Waals surface area contributed by atoms with Gasteiger partial charge in [0.05, 0.1) is 6.61 Å². The highest BCUT2D eigenvalue weighted by Crippen LogP contribution is 2.21. The Hall–Kier alpha value is -0.670. The number of rotatable bonds is 3. The molecule has 0 aromatic carbocycles. The molecule has 1 fully saturated rings. The van der Waals surface area contributed by atoms with Crippen molar-refractivity contribution in [3.63, 3.8) is 0 Å². The van der Waals surface area contributed by atoms with Crippen molar-refractivity contribution in [2.24, 2.45) is 0 Å². The topological polar surface area (TPSA) is 29.5 Å². The molecule has 0 saturated carbocycles. The number of Topliss-reactive ketones (excluding diaryl/α,β-unsaturated/α-hetero) is 1. The lowest BCUT2D eigenvalue weighted by atomic mass is 9.93. The molecule has 2 rings (SSSR count). The van der Waals surface area contributed by atoms with E-state index in [-0.39, 0.29) is 11.9 Å². The molecule has 0 aromatic heterocycles. The van der Waals surface area contributed by atoms with Gasteiger partial charge in [-0.2, -0.15) is 0 Å². The first-order chi connectivity index (χ1) is 7.81. The summed E-state index contributed by atoms with van der Waals surface area (Å²) in [6.07, 6.45) is 6.29. The molecule has 1 aliphatic heterocycles. The van der Waals surface area contributed by atoms with E-state index in [1.807, 2.05) is 0 Å². The molecule has 0 bridgehead atoms. The van der Waals surface area contributed by atoms with Crippen LogP contribution in [0.15, 0.2) is 11.6 Å². The third-order valence-electron chi connectivity index (χ3n) is 3.50. The lowest BCUT2D eigenvalue weighted by molar-refractivity contribution is -0.132. The fourth-order valence-corrected chi connectivity index (χ4v) is 2.42. The van der Waals surface area contributed by atoms with Crippen LogP contribution < -0.4 is 0 Å². The molecule has 90 valence electrons. The third-order valence-corrected chi connectivity index (χ3v) is 3.50. The van der Waals surface area contributed by atoms with E-state index in [4.69, 9.17) is 4.74 Å². The Morgan fingerprint density at radius 1 is 1.56 bits per heavy atom. The van der Waals surface area contributed by atoms with Crippen LogP contribution in [-0.2, 0) is 9.53 Å². The van der Waals surface area contributed by atoms with Crippen molar-refractivity contribution < 1.29 is 9.53 Å². The number of hydrogen-bond acceptors (Lipinski definition) is 3. The van der Waals surface area contributed by atoms with E-state index in [1.165, 1.54) is 6.42 Å². The van der Waals surface area contributed by atoms with Crippen LogP contribution in [0.25, 0.3) is 0 Å². The molecule has 2 aliphatic rings. The van der Waals surface area contributed by atoms with Crippen LogP contribution in [0.3, 0.4) is 0 Å². The minimum Gasteiger partial charge on any atom is -0.367 e. The quantitative estimate of drug-likeness (QED) is 0.730. The van der Waals surface area contributed by atoms with E-state index in [2.05, 4.69) is 17.9 Å². The molecule has 3 nitrogen and oxygen atoms in total. The summed E-state index contributed by atoms with van der Waals surface area (Å²) in [6.45, 7) is 5.56. The van der Waals surface area contributed by atoms with Crippen LogP contribution in [0.2, 0.25) is 0 Å². The Morgan fingerprint density at radius 2 is 2.44 bits per heavy atom. The van der Waals surface area contributed by atoms with Crippen molar-refractivity contribution in [2.45, 2.75) is 38.7 Å². The predicted octanol–water partition coefficient (Wildman–Crippen LogP) is 1.78. The summed E-state index contributed by atoms with van der Waals surface area (Å²) >= 11 is 0. The number of likely N-dealkylation sites (N-methyl/N-ethyl adjacent to an activating group) is 1. The number of carbonyl (C=O) groups excluding carboxylic acids is 1. The summed E-state index contributed by atoms with van der Waals surface area (Å²) in [5.74, 6) is 0.234. The number of hydrogen-bond donors (Lipinski definition) is 0. The molecular weight excluding hydrogens is 202 g/mol. The van der Waals surface area contributed by atoms with E-state index in [9.17, 15) is 4.79 Å². The Morgan fingerprint density at radius 3 is 3.12 bits per heavy atom. The number of ketones is 1. The van der Waals surface area contributed by atoms with Gasteiger partial charge in [-0.15, -0.1) is 0 Å². The number of ether oxygens (including phenoxy) is 1. The molecule has 1 heterocycles. The largest absolute Gasteiger partial charge is 0.367 e. The molecule has 0 spiro atoms. The minimum absolute atomic E-state index is 0.210. The number of nitrogens with zero attached hydrogens (tertiary/aromatic N) is 1. The molecule has 1 saturated heterocycles. The fourth-order valence-electron chi connectivity index (χ4n) is 2.42. The van der Waals surface area contributed by atoms with Gasteiger partial charge < -0.3 is 4.74 Å². The molecular formula is C13H21NO2. The van der Waals surface area contributed by atoms with E-state index in [0.717, 1.165) is 44.5 Å². The normalized spacial score (nSPS) is 27.6. The summed E-state index contributed by atoms with van der Waals surface area (Å²) in [5, 5.41) is 0. The van der Waals surface area contributed by atoms with Crippen LogP contribution in [-0.4, -0.2) is 43.0 Å². The first-order valence-electron chi connectivity index (χ1n) is 6.38. The SMILES string of the molecule is CCN1CCOC(C(=O)C2=CCCCC2)C1. The molecule has 1 aliphatic carbocycles. The Balaban J connectivity index is 1.95. The molecule has 0 amide bonds. The summed E-state index contributed by atoms with van der Waals surface area (Å²) in [4.78, 5) is 14.5. The zero-order chi connectivity index (χ0) is 11.4. The Kier molecular flexibility index (Phi) is 4.13. The fraction of sp³-hybridized carbons (Fsp3) is 0.769. The van der Waals surface area contributed by atoms with Gasteiger partial charge in [0, 0.05) is 13.1 Å². The van der Waals surface area contributed by atoms with Gasteiger partial charge in [-0.25, -0.2) is 0 Å². The molecule has 1 atom stereocenters. The Labute approximate surface area is 97.5 Å². The van der Waals surface area contributed by atoms with Gasteiger partial charge in [0.15, 0.2) is 5.78 Å². The molecule has 0 aromatic rings. The summed E-state index contributed by atoms with van der Waals surface area (Å²) in [6, 6.07) is 0. The highest BCUT2D eigenvalue weighted by atomic mass is 16.5. The van der Waals surface area contributed by atoms with Gasteiger partial charge in [0.2, 0.25) is 0 Å². The van der Waals surface area contributed by atoms with Gasteiger partial charge in [0.1, 0.15) is 6.10 Å². The summed E-state index contributed by atoms with van der Waals surface area (Å²) in [5.41, 5.74) is 1.01. The highest BCUT2D eigenvalue weighted by Gasteiger charge is 2.28. The molecule has 0 radical (unpaired) electrons. The second-order valence-electron chi connectivity index (χ2n) is 4.59. The monoisotopic (exact) mass is 223 g/mol. The standard InChI is InChI=1S/C13H21NO2/c1-2-14-8-9-16-12(10-14)13(15)11-6-4-3-5-7-11/h6,12H,2-5,7-10H2,1H3. The van der Waals surface area contributed by atoms with Crippen molar-refractivity contribution in [1.29, 1.82) is 0 Å². The molecule has 16 heavy (non-hydrogen) atoms. The third kappa shape index (κ3) is 2.71. The minimum atomic E-state index is -0.210. The highest BCUT2D eigenvalue weighted by molar-refractivity contribution is 5.99. The Bertz CT molecular complexity index is 286.